The SMILES string of the molecule is CC(C)(C)OC(=O)NCC1CCCCN1S(=O)(=O)c1ccc(Br)cc1. The predicted molar refractivity (Wildman–Crippen MR) is 99.9 cm³/mol. The molecule has 1 unspecified atom stereocenters. The van der Waals surface area contributed by atoms with Crippen molar-refractivity contribution in [2.45, 2.75) is 56.6 Å². The summed E-state index contributed by atoms with van der Waals surface area (Å²) in [4.78, 5) is 12.1. The first-order valence-corrected chi connectivity index (χ1v) is 10.6. The Morgan fingerprint density at radius 1 is 1.28 bits per heavy atom. The van der Waals surface area contributed by atoms with E-state index < -0.39 is 21.7 Å². The smallest absolute Gasteiger partial charge is 0.407 e. The number of halogens is 1. The zero-order valence-corrected chi connectivity index (χ0v) is 17.2. The van der Waals surface area contributed by atoms with Crippen LogP contribution in [-0.4, -0.2) is 43.5 Å². The second-order valence-corrected chi connectivity index (χ2v) is 9.91. The highest BCUT2D eigenvalue weighted by Crippen LogP contribution is 2.26. The summed E-state index contributed by atoms with van der Waals surface area (Å²) in [7, 11) is -3.59. The van der Waals surface area contributed by atoms with Crippen LogP contribution in [-0.2, 0) is 14.8 Å². The van der Waals surface area contributed by atoms with Gasteiger partial charge in [0.15, 0.2) is 0 Å². The topological polar surface area (TPSA) is 75.7 Å². The van der Waals surface area contributed by atoms with Gasteiger partial charge >= 0.3 is 6.09 Å². The maximum Gasteiger partial charge on any atom is 0.407 e. The van der Waals surface area contributed by atoms with Gasteiger partial charge in [-0.15, -0.1) is 0 Å². The van der Waals surface area contributed by atoms with E-state index in [-0.39, 0.29) is 17.5 Å². The third-order valence-corrected chi connectivity index (χ3v) is 6.37. The molecule has 2 rings (SSSR count). The maximum atomic E-state index is 12.9. The number of carbonyl (C=O) groups is 1. The van der Waals surface area contributed by atoms with Gasteiger partial charge in [0.05, 0.1) is 4.90 Å². The second-order valence-electron chi connectivity index (χ2n) is 7.10. The third-order valence-electron chi connectivity index (χ3n) is 3.87. The van der Waals surface area contributed by atoms with E-state index in [4.69, 9.17) is 4.74 Å². The average molecular weight is 433 g/mol. The lowest BCUT2D eigenvalue weighted by Crippen LogP contribution is -2.49. The van der Waals surface area contributed by atoms with Crippen LogP contribution < -0.4 is 5.32 Å². The number of sulfonamides is 1. The Morgan fingerprint density at radius 2 is 1.92 bits per heavy atom. The molecule has 1 saturated heterocycles. The summed E-state index contributed by atoms with van der Waals surface area (Å²) in [6, 6.07) is 6.34. The fourth-order valence-corrected chi connectivity index (χ4v) is 4.71. The molecule has 140 valence electrons. The van der Waals surface area contributed by atoms with Crippen LogP contribution in [0.5, 0.6) is 0 Å². The van der Waals surface area contributed by atoms with Crippen LogP contribution in [0.4, 0.5) is 4.79 Å². The van der Waals surface area contributed by atoms with Gasteiger partial charge in [0, 0.05) is 23.6 Å². The highest BCUT2D eigenvalue weighted by atomic mass is 79.9. The molecule has 1 heterocycles. The first-order valence-electron chi connectivity index (χ1n) is 8.34. The van der Waals surface area contributed by atoms with Crippen molar-refractivity contribution in [3.05, 3.63) is 28.7 Å². The van der Waals surface area contributed by atoms with Gasteiger partial charge < -0.3 is 10.1 Å². The molecule has 1 aromatic carbocycles. The summed E-state index contributed by atoms with van der Waals surface area (Å²) in [6.07, 6.45) is 1.94. The molecule has 1 aliphatic rings. The molecule has 1 aromatic rings. The molecule has 1 N–H and O–H groups in total. The molecule has 0 aromatic heterocycles. The summed E-state index contributed by atoms with van der Waals surface area (Å²) in [5, 5.41) is 2.70. The minimum atomic E-state index is -3.59. The van der Waals surface area contributed by atoms with Gasteiger partial charge in [-0.25, -0.2) is 13.2 Å². The van der Waals surface area contributed by atoms with Crippen LogP contribution >= 0.6 is 15.9 Å². The number of ether oxygens (including phenoxy) is 1. The molecular formula is C17H25BrN2O4S. The number of hydrogen-bond donors (Lipinski definition) is 1. The van der Waals surface area contributed by atoms with Crippen LogP contribution in [0.2, 0.25) is 0 Å². The van der Waals surface area contributed by atoms with E-state index in [9.17, 15) is 13.2 Å². The number of alkyl carbamates (subject to hydrolysis) is 1. The molecule has 0 bridgehead atoms. The molecule has 0 aliphatic carbocycles. The largest absolute Gasteiger partial charge is 0.444 e. The van der Waals surface area contributed by atoms with Gasteiger partial charge in [-0.2, -0.15) is 4.31 Å². The second kappa shape index (κ2) is 8.05. The minimum Gasteiger partial charge on any atom is -0.444 e. The molecule has 0 saturated carbocycles. The quantitative estimate of drug-likeness (QED) is 0.789. The summed E-state index contributed by atoms with van der Waals surface area (Å²) in [6.45, 7) is 6.07. The van der Waals surface area contributed by atoms with Gasteiger partial charge in [0.1, 0.15) is 5.60 Å². The number of piperidine rings is 1. The molecule has 1 fully saturated rings. The van der Waals surface area contributed by atoms with Crippen molar-refractivity contribution in [1.29, 1.82) is 0 Å². The number of benzene rings is 1. The number of carbonyl (C=O) groups excluding carboxylic acids is 1. The van der Waals surface area contributed by atoms with Crippen molar-refractivity contribution >= 4 is 32.0 Å². The van der Waals surface area contributed by atoms with E-state index in [0.717, 1.165) is 17.3 Å². The zero-order valence-electron chi connectivity index (χ0n) is 14.8. The lowest BCUT2D eigenvalue weighted by Gasteiger charge is -2.35. The Morgan fingerprint density at radius 3 is 2.52 bits per heavy atom. The number of nitrogens with one attached hydrogen (secondary N) is 1. The number of rotatable bonds is 4. The van der Waals surface area contributed by atoms with Crippen molar-refractivity contribution in [2.24, 2.45) is 0 Å². The monoisotopic (exact) mass is 432 g/mol. The summed E-state index contributed by atoms with van der Waals surface area (Å²) in [5.41, 5.74) is -0.583. The molecular weight excluding hydrogens is 408 g/mol. The van der Waals surface area contributed by atoms with Crippen molar-refractivity contribution < 1.29 is 17.9 Å². The summed E-state index contributed by atoms with van der Waals surface area (Å²) >= 11 is 3.31. The highest BCUT2D eigenvalue weighted by Gasteiger charge is 2.33. The van der Waals surface area contributed by atoms with Crippen molar-refractivity contribution in [2.75, 3.05) is 13.1 Å². The van der Waals surface area contributed by atoms with E-state index in [1.54, 1.807) is 45.0 Å². The van der Waals surface area contributed by atoms with Gasteiger partial charge in [-0.3, -0.25) is 0 Å². The van der Waals surface area contributed by atoms with E-state index in [2.05, 4.69) is 21.2 Å². The van der Waals surface area contributed by atoms with E-state index in [0.29, 0.717) is 13.0 Å². The van der Waals surface area contributed by atoms with Gasteiger partial charge in [0.2, 0.25) is 10.0 Å². The lowest BCUT2D eigenvalue weighted by molar-refractivity contribution is 0.0512. The molecule has 1 amide bonds. The number of hydrogen-bond acceptors (Lipinski definition) is 4. The van der Waals surface area contributed by atoms with E-state index in [1.165, 1.54) is 4.31 Å². The first-order chi connectivity index (χ1) is 11.6. The van der Waals surface area contributed by atoms with Gasteiger partial charge in [-0.05, 0) is 57.9 Å². The Balaban J connectivity index is 2.09. The molecule has 0 radical (unpaired) electrons. The van der Waals surface area contributed by atoms with E-state index in [1.807, 2.05) is 0 Å². The average Bonchev–Trinajstić information content (AvgIpc) is 2.52. The highest BCUT2D eigenvalue weighted by molar-refractivity contribution is 9.10. The number of nitrogens with zero attached hydrogens (tertiary/aromatic N) is 1. The van der Waals surface area contributed by atoms with Crippen LogP contribution in [0.3, 0.4) is 0 Å². The molecule has 6 nitrogen and oxygen atoms in total. The molecule has 1 atom stereocenters. The minimum absolute atomic E-state index is 0.241. The lowest BCUT2D eigenvalue weighted by atomic mass is 10.1. The molecule has 0 spiro atoms. The Hall–Kier alpha value is -1.12. The van der Waals surface area contributed by atoms with Gasteiger partial charge in [0.25, 0.3) is 0 Å². The fourth-order valence-electron chi connectivity index (χ4n) is 2.75. The Bertz CT molecular complexity index is 698. The first kappa shape index (κ1) is 20.2. The summed E-state index contributed by atoms with van der Waals surface area (Å²) < 4.78 is 33.4. The number of amides is 1. The Kier molecular flexibility index (Phi) is 6.51. The summed E-state index contributed by atoms with van der Waals surface area (Å²) in [5.74, 6) is 0. The maximum absolute atomic E-state index is 12.9. The van der Waals surface area contributed by atoms with Crippen LogP contribution in [0.15, 0.2) is 33.6 Å². The standard InChI is InChI=1S/C17H25BrN2O4S/c1-17(2,3)24-16(21)19-12-14-6-4-5-11-20(14)25(22,23)15-9-7-13(18)8-10-15/h7-10,14H,4-6,11-12H2,1-3H3,(H,19,21). The van der Waals surface area contributed by atoms with Crippen LogP contribution in [0.25, 0.3) is 0 Å². The normalized spacial score (nSPS) is 19.4. The fraction of sp³-hybridized carbons (Fsp3) is 0.588. The van der Waals surface area contributed by atoms with Crippen LogP contribution in [0, 0.1) is 0 Å². The predicted octanol–water partition coefficient (Wildman–Crippen LogP) is 3.52. The van der Waals surface area contributed by atoms with Crippen LogP contribution in [0.1, 0.15) is 40.0 Å². The molecule has 8 heteroatoms. The van der Waals surface area contributed by atoms with Gasteiger partial charge in [-0.1, -0.05) is 22.4 Å². The van der Waals surface area contributed by atoms with Crippen molar-refractivity contribution in [1.82, 2.24) is 9.62 Å². The third kappa shape index (κ3) is 5.69. The Labute approximate surface area is 158 Å². The zero-order chi connectivity index (χ0) is 18.7. The molecule has 25 heavy (non-hydrogen) atoms. The molecule has 1 aliphatic heterocycles. The van der Waals surface area contributed by atoms with E-state index >= 15 is 0 Å². The van der Waals surface area contributed by atoms with Crippen molar-refractivity contribution in [3.8, 4) is 0 Å². The van der Waals surface area contributed by atoms with Crippen molar-refractivity contribution in [3.63, 3.8) is 0 Å².